The average Bonchev–Trinajstić information content (AvgIpc) is 3.27. The third-order valence-electron chi connectivity index (χ3n) is 5.06. The quantitative estimate of drug-likeness (QED) is 0.275. The molecule has 2 aliphatic heterocycles. The number of carbonyl (C=O) groups excluding carboxylic acids is 3. The molecule has 0 bridgehead atoms. The molecule has 2 aliphatic rings. The lowest BCUT2D eigenvalue weighted by atomic mass is 9.74. The molecule has 0 aliphatic carbocycles. The van der Waals surface area contributed by atoms with Crippen LogP contribution in [0.3, 0.4) is 0 Å². The molecule has 0 radical (unpaired) electrons. The highest BCUT2D eigenvalue weighted by Gasteiger charge is 2.70. The first-order chi connectivity index (χ1) is 14.3. The fourth-order valence-corrected chi connectivity index (χ4v) is 3.75. The minimum atomic E-state index is -1.72. The van der Waals surface area contributed by atoms with Gasteiger partial charge < -0.3 is 14.2 Å². The van der Waals surface area contributed by atoms with Crippen LogP contribution in [0, 0.1) is 10.1 Å². The summed E-state index contributed by atoms with van der Waals surface area (Å²) in [6.45, 7) is 1.72. The van der Waals surface area contributed by atoms with Crippen LogP contribution in [-0.2, 0) is 38.3 Å². The molecule has 2 heterocycles. The Labute approximate surface area is 170 Å². The highest BCUT2D eigenvalue weighted by Crippen LogP contribution is 2.52. The summed E-state index contributed by atoms with van der Waals surface area (Å²) in [5.41, 5.74) is -1.54. The predicted octanol–water partition coefficient (Wildman–Crippen LogP) is 0.646. The van der Waals surface area contributed by atoms with Gasteiger partial charge in [-0.05, 0) is 17.7 Å². The third kappa shape index (κ3) is 3.38. The monoisotopic (exact) mass is 424 g/mol. The number of hydrogen-bond acceptors (Lipinski definition) is 11. The van der Waals surface area contributed by atoms with Crippen molar-refractivity contribution in [1.29, 1.82) is 0 Å². The number of nitrogens with zero attached hydrogens (tertiary/aromatic N) is 2. The molecule has 12 nitrogen and oxygen atoms in total. The number of fused-ring (bicyclic) bond motifs is 1. The topological polar surface area (TPSA) is 144 Å². The molecule has 1 aromatic rings. The van der Waals surface area contributed by atoms with Gasteiger partial charge in [0.2, 0.25) is 0 Å². The van der Waals surface area contributed by atoms with Crippen molar-refractivity contribution < 1.29 is 43.2 Å². The number of carbonyl (C=O) groups is 3. The highest BCUT2D eigenvalue weighted by molar-refractivity contribution is 5.88. The lowest BCUT2D eigenvalue weighted by molar-refractivity contribution is -0.384. The first-order valence-electron chi connectivity index (χ1n) is 9.01. The molecule has 2 saturated heterocycles. The molecule has 2 fully saturated rings. The van der Waals surface area contributed by atoms with Crippen molar-refractivity contribution in [3.05, 3.63) is 39.9 Å². The molecule has 0 saturated carbocycles. The molecule has 0 N–H and O–H groups in total. The first-order valence-corrected chi connectivity index (χ1v) is 9.01. The summed E-state index contributed by atoms with van der Waals surface area (Å²) < 4.78 is 14.7. The number of nitro benzene ring substituents is 1. The summed E-state index contributed by atoms with van der Waals surface area (Å²) in [7, 11) is 2.29. The molecule has 0 amide bonds. The first kappa shape index (κ1) is 21.6. The maximum atomic E-state index is 12.9. The molecule has 0 unspecified atom stereocenters. The Balaban J connectivity index is 2.09. The lowest BCUT2D eigenvalue weighted by Gasteiger charge is -2.30. The van der Waals surface area contributed by atoms with Gasteiger partial charge in [0.25, 0.3) is 5.69 Å². The normalized spacial score (nSPS) is 27.9. The van der Waals surface area contributed by atoms with Crippen LogP contribution in [0.15, 0.2) is 24.3 Å². The van der Waals surface area contributed by atoms with Gasteiger partial charge in [-0.25, -0.2) is 14.4 Å². The molecule has 162 valence electrons. The SMILES string of the molecule is CCOC(=O)[C@@H]1C[C@@]2(C(=O)OC)[C@H](c3ccc([N+](=O)[O-])cc3)[C@H](C(=O)OC)ON2O1. The summed E-state index contributed by atoms with van der Waals surface area (Å²) in [5.74, 6) is -3.37. The number of hydrogen-bond donors (Lipinski definition) is 0. The minimum absolute atomic E-state index is 0.0986. The molecule has 3 rings (SSSR count). The van der Waals surface area contributed by atoms with Gasteiger partial charge >= 0.3 is 17.9 Å². The molecular formula is C18H20N2O10. The lowest BCUT2D eigenvalue weighted by Crippen LogP contribution is -2.50. The fraction of sp³-hybridized carbons (Fsp3) is 0.500. The zero-order valence-corrected chi connectivity index (χ0v) is 16.4. The Morgan fingerprint density at radius 3 is 2.37 bits per heavy atom. The summed E-state index contributed by atoms with van der Waals surface area (Å²) >= 11 is 0. The number of esters is 3. The number of nitro groups is 1. The Bertz CT molecular complexity index is 857. The van der Waals surface area contributed by atoms with Crippen LogP contribution >= 0.6 is 0 Å². The fourth-order valence-electron chi connectivity index (χ4n) is 3.75. The summed E-state index contributed by atoms with van der Waals surface area (Å²) in [6.07, 6.45) is -2.73. The van der Waals surface area contributed by atoms with Crippen LogP contribution in [0.4, 0.5) is 5.69 Å². The van der Waals surface area contributed by atoms with Crippen molar-refractivity contribution in [2.75, 3.05) is 20.8 Å². The van der Waals surface area contributed by atoms with E-state index < -0.39 is 46.5 Å². The van der Waals surface area contributed by atoms with E-state index in [1.165, 1.54) is 24.3 Å². The van der Waals surface area contributed by atoms with Crippen LogP contribution < -0.4 is 0 Å². The van der Waals surface area contributed by atoms with E-state index in [4.69, 9.17) is 23.9 Å². The zero-order chi connectivity index (χ0) is 22.1. The van der Waals surface area contributed by atoms with Gasteiger partial charge in [0.05, 0.1) is 31.7 Å². The summed E-state index contributed by atoms with van der Waals surface area (Å²) in [4.78, 5) is 59.0. The van der Waals surface area contributed by atoms with Gasteiger partial charge in [0.1, 0.15) is 0 Å². The van der Waals surface area contributed by atoms with E-state index in [9.17, 15) is 24.5 Å². The minimum Gasteiger partial charge on any atom is -0.467 e. The highest BCUT2D eigenvalue weighted by atomic mass is 17.0. The molecule has 0 spiro atoms. The van der Waals surface area contributed by atoms with Crippen LogP contribution in [-0.4, -0.2) is 66.6 Å². The van der Waals surface area contributed by atoms with Crippen LogP contribution in [0.1, 0.15) is 24.8 Å². The van der Waals surface area contributed by atoms with Crippen molar-refractivity contribution in [3.8, 4) is 0 Å². The number of non-ortho nitro benzene ring substituents is 1. The predicted molar refractivity (Wildman–Crippen MR) is 95.4 cm³/mol. The van der Waals surface area contributed by atoms with E-state index in [2.05, 4.69) is 0 Å². The van der Waals surface area contributed by atoms with Gasteiger partial charge in [-0.1, -0.05) is 12.1 Å². The van der Waals surface area contributed by atoms with Gasteiger partial charge in [0, 0.05) is 18.6 Å². The van der Waals surface area contributed by atoms with Crippen molar-refractivity contribution in [2.24, 2.45) is 0 Å². The molecular weight excluding hydrogens is 404 g/mol. The zero-order valence-electron chi connectivity index (χ0n) is 16.4. The van der Waals surface area contributed by atoms with Crippen LogP contribution in [0.25, 0.3) is 0 Å². The third-order valence-corrected chi connectivity index (χ3v) is 5.06. The Hall–Kier alpha value is -3.09. The van der Waals surface area contributed by atoms with Gasteiger partial charge in [-0.15, -0.1) is 0 Å². The van der Waals surface area contributed by atoms with Gasteiger partial charge in [-0.2, -0.15) is 0 Å². The summed E-state index contributed by atoms with van der Waals surface area (Å²) in [6, 6.07) is 5.26. The van der Waals surface area contributed by atoms with Gasteiger partial charge in [0.15, 0.2) is 17.7 Å². The molecule has 4 atom stereocenters. The van der Waals surface area contributed by atoms with E-state index >= 15 is 0 Å². The maximum absolute atomic E-state index is 12.9. The van der Waals surface area contributed by atoms with Gasteiger partial charge in [-0.3, -0.25) is 19.8 Å². The van der Waals surface area contributed by atoms with E-state index in [-0.39, 0.29) is 18.7 Å². The van der Waals surface area contributed by atoms with Crippen LogP contribution in [0.2, 0.25) is 0 Å². The Morgan fingerprint density at radius 1 is 1.17 bits per heavy atom. The van der Waals surface area contributed by atoms with Crippen LogP contribution in [0.5, 0.6) is 0 Å². The molecule has 1 aromatic carbocycles. The van der Waals surface area contributed by atoms with Crippen molar-refractivity contribution in [1.82, 2.24) is 5.23 Å². The Morgan fingerprint density at radius 2 is 1.83 bits per heavy atom. The second-order valence-corrected chi connectivity index (χ2v) is 6.60. The van der Waals surface area contributed by atoms with E-state index in [0.717, 1.165) is 19.4 Å². The maximum Gasteiger partial charge on any atom is 0.337 e. The average molecular weight is 424 g/mol. The van der Waals surface area contributed by atoms with Crippen molar-refractivity contribution in [3.63, 3.8) is 0 Å². The number of methoxy groups -OCH3 is 2. The van der Waals surface area contributed by atoms with Crippen molar-refractivity contribution in [2.45, 2.75) is 37.0 Å². The smallest absolute Gasteiger partial charge is 0.337 e. The van der Waals surface area contributed by atoms with E-state index in [0.29, 0.717) is 5.56 Å². The second kappa shape index (κ2) is 8.34. The molecule has 12 heteroatoms. The van der Waals surface area contributed by atoms with E-state index in [1.54, 1.807) is 6.92 Å². The summed E-state index contributed by atoms with van der Waals surface area (Å²) in [5, 5.41) is 11.8. The number of hydroxylamine groups is 2. The number of ether oxygens (including phenoxy) is 3. The molecule has 0 aromatic heterocycles. The largest absolute Gasteiger partial charge is 0.467 e. The van der Waals surface area contributed by atoms with E-state index in [1.807, 2.05) is 0 Å². The second-order valence-electron chi connectivity index (χ2n) is 6.60. The molecule has 30 heavy (non-hydrogen) atoms. The number of rotatable bonds is 6. The van der Waals surface area contributed by atoms with Crippen molar-refractivity contribution >= 4 is 23.6 Å². The number of benzene rings is 1. The standard InChI is InChI=1S/C18H20N2O10/c1-4-28-15(21)12-9-18(17(23)27-3)13(10-5-7-11(8-6-10)19(24)25)14(16(22)26-2)30-20(18)29-12/h5-8,12-14H,4,9H2,1-3H3/t12-,13+,14+,18-/m0/s1. The Kier molecular flexibility index (Phi) is 6.01.